The molecule has 0 aliphatic carbocycles. The highest BCUT2D eigenvalue weighted by Gasteiger charge is 2.12. The Morgan fingerprint density at radius 1 is 1.00 bits per heavy atom. The van der Waals surface area contributed by atoms with Crippen LogP contribution in [0, 0.1) is 0 Å². The number of para-hydroxylation sites is 1. The SMILES string of the molecule is COc1ccc(CC(=O)NCCNC(=O)c2cc3ccccc3n2C)cc1. The van der Waals surface area contributed by atoms with Crippen molar-refractivity contribution in [2.45, 2.75) is 6.42 Å². The van der Waals surface area contributed by atoms with Crippen molar-refractivity contribution >= 4 is 22.7 Å². The first-order valence-electron chi connectivity index (χ1n) is 8.81. The third-order valence-corrected chi connectivity index (χ3v) is 4.44. The Kier molecular flexibility index (Phi) is 5.76. The smallest absolute Gasteiger partial charge is 0.267 e. The van der Waals surface area contributed by atoms with Crippen LogP contribution in [0.5, 0.6) is 5.75 Å². The van der Waals surface area contributed by atoms with Crippen molar-refractivity contribution in [1.29, 1.82) is 0 Å². The zero-order chi connectivity index (χ0) is 19.2. The fourth-order valence-corrected chi connectivity index (χ4v) is 2.97. The summed E-state index contributed by atoms with van der Waals surface area (Å²) in [7, 11) is 3.47. The lowest BCUT2D eigenvalue weighted by molar-refractivity contribution is -0.120. The maximum atomic E-state index is 12.4. The summed E-state index contributed by atoms with van der Waals surface area (Å²) in [5, 5.41) is 6.69. The Hall–Kier alpha value is -3.28. The Morgan fingerprint density at radius 2 is 1.70 bits per heavy atom. The van der Waals surface area contributed by atoms with E-state index in [1.165, 1.54) is 0 Å². The Labute approximate surface area is 158 Å². The molecule has 1 aromatic heterocycles. The molecule has 0 atom stereocenters. The van der Waals surface area contributed by atoms with Crippen molar-refractivity contribution in [2.75, 3.05) is 20.2 Å². The first-order valence-corrected chi connectivity index (χ1v) is 8.81. The summed E-state index contributed by atoms with van der Waals surface area (Å²) in [5.41, 5.74) is 2.52. The maximum absolute atomic E-state index is 12.4. The van der Waals surface area contributed by atoms with Gasteiger partial charge in [0, 0.05) is 31.0 Å². The normalized spacial score (nSPS) is 10.6. The zero-order valence-corrected chi connectivity index (χ0v) is 15.5. The van der Waals surface area contributed by atoms with Crippen LogP contribution in [0.4, 0.5) is 0 Å². The van der Waals surface area contributed by atoms with Gasteiger partial charge in [0.05, 0.1) is 13.5 Å². The molecule has 0 saturated heterocycles. The van der Waals surface area contributed by atoms with Gasteiger partial charge in [0.25, 0.3) is 5.91 Å². The molecular formula is C21H23N3O3. The number of amides is 2. The third kappa shape index (κ3) is 4.47. The molecule has 0 aliphatic heterocycles. The van der Waals surface area contributed by atoms with E-state index in [0.717, 1.165) is 22.2 Å². The lowest BCUT2D eigenvalue weighted by atomic mass is 10.1. The zero-order valence-electron chi connectivity index (χ0n) is 15.5. The number of aromatic nitrogens is 1. The highest BCUT2D eigenvalue weighted by atomic mass is 16.5. The van der Waals surface area contributed by atoms with E-state index in [1.807, 2.05) is 66.2 Å². The minimum atomic E-state index is -0.155. The molecule has 0 saturated carbocycles. The van der Waals surface area contributed by atoms with Crippen LogP contribution >= 0.6 is 0 Å². The van der Waals surface area contributed by atoms with E-state index in [0.29, 0.717) is 25.2 Å². The van der Waals surface area contributed by atoms with Gasteiger partial charge in [-0.15, -0.1) is 0 Å². The minimum Gasteiger partial charge on any atom is -0.497 e. The standard InChI is InChI=1S/C21H23N3O3/c1-24-18-6-4-3-5-16(18)14-19(24)21(26)23-12-11-22-20(25)13-15-7-9-17(27-2)10-8-15/h3-10,14H,11-13H2,1-2H3,(H,22,25)(H,23,26). The molecule has 1 heterocycles. The lowest BCUT2D eigenvalue weighted by Crippen LogP contribution is -2.35. The van der Waals surface area contributed by atoms with Crippen LogP contribution in [0.2, 0.25) is 0 Å². The van der Waals surface area contributed by atoms with Gasteiger partial charge in [-0.1, -0.05) is 30.3 Å². The van der Waals surface area contributed by atoms with Crippen molar-refractivity contribution in [3.8, 4) is 5.75 Å². The third-order valence-electron chi connectivity index (χ3n) is 4.44. The fourth-order valence-electron chi connectivity index (χ4n) is 2.97. The van der Waals surface area contributed by atoms with Gasteiger partial charge < -0.3 is 19.9 Å². The molecule has 3 rings (SSSR count). The quantitative estimate of drug-likeness (QED) is 0.631. The van der Waals surface area contributed by atoms with Crippen LogP contribution < -0.4 is 15.4 Å². The molecule has 0 fully saturated rings. The van der Waals surface area contributed by atoms with Crippen molar-refractivity contribution in [3.05, 3.63) is 65.9 Å². The first kappa shape index (κ1) is 18.5. The molecule has 0 unspecified atom stereocenters. The van der Waals surface area contributed by atoms with Gasteiger partial charge in [-0.3, -0.25) is 9.59 Å². The van der Waals surface area contributed by atoms with Crippen LogP contribution in [0.15, 0.2) is 54.6 Å². The molecule has 2 aromatic carbocycles. The molecule has 0 radical (unpaired) electrons. The van der Waals surface area contributed by atoms with Crippen molar-refractivity contribution in [1.82, 2.24) is 15.2 Å². The van der Waals surface area contributed by atoms with Gasteiger partial charge in [0.15, 0.2) is 0 Å². The monoisotopic (exact) mass is 365 g/mol. The summed E-state index contributed by atoms with van der Waals surface area (Å²) in [4.78, 5) is 24.4. The average molecular weight is 365 g/mol. The van der Waals surface area contributed by atoms with Crippen LogP contribution in [0.3, 0.4) is 0 Å². The molecule has 6 heteroatoms. The second-order valence-corrected chi connectivity index (χ2v) is 6.28. The highest BCUT2D eigenvalue weighted by molar-refractivity contribution is 5.98. The summed E-state index contributed by atoms with van der Waals surface area (Å²) >= 11 is 0. The molecule has 27 heavy (non-hydrogen) atoms. The maximum Gasteiger partial charge on any atom is 0.267 e. The van der Waals surface area contributed by atoms with E-state index in [1.54, 1.807) is 7.11 Å². The predicted molar refractivity (Wildman–Crippen MR) is 105 cm³/mol. The van der Waals surface area contributed by atoms with E-state index in [9.17, 15) is 9.59 Å². The van der Waals surface area contributed by atoms with Crippen LogP contribution in [-0.4, -0.2) is 36.6 Å². The average Bonchev–Trinajstić information content (AvgIpc) is 3.03. The first-order chi connectivity index (χ1) is 13.1. The number of fused-ring (bicyclic) bond motifs is 1. The molecule has 0 bridgehead atoms. The number of rotatable bonds is 7. The number of hydrogen-bond donors (Lipinski definition) is 2. The van der Waals surface area contributed by atoms with E-state index < -0.39 is 0 Å². The minimum absolute atomic E-state index is 0.0842. The largest absolute Gasteiger partial charge is 0.497 e. The van der Waals surface area contributed by atoms with Crippen LogP contribution in [-0.2, 0) is 18.3 Å². The van der Waals surface area contributed by atoms with Crippen LogP contribution in [0.25, 0.3) is 10.9 Å². The molecule has 3 aromatic rings. The van der Waals surface area contributed by atoms with Gasteiger partial charge in [-0.25, -0.2) is 0 Å². The number of hydrogen-bond acceptors (Lipinski definition) is 3. The molecule has 0 spiro atoms. The second kappa shape index (κ2) is 8.40. The molecule has 6 nitrogen and oxygen atoms in total. The van der Waals surface area contributed by atoms with Crippen LogP contribution in [0.1, 0.15) is 16.1 Å². The van der Waals surface area contributed by atoms with E-state index in [4.69, 9.17) is 4.74 Å². The fraction of sp³-hybridized carbons (Fsp3) is 0.238. The number of nitrogens with zero attached hydrogens (tertiary/aromatic N) is 1. The van der Waals surface area contributed by atoms with Gasteiger partial charge in [-0.05, 0) is 29.8 Å². The number of nitrogens with one attached hydrogen (secondary N) is 2. The molecule has 2 N–H and O–H groups in total. The number of carbonyl (C=O) groups excluding carboxylic acids is 2. The Balaban J connectivity index is 1.45. The molecule has 0 aliphatic rings. The van der Waals surface area contributed by atoms with Crippen molar-refractivity contribution < 1.29 is 14.3 Å². The molecule has 140 valence electrons. The summed E-state index contributed by atoms with van der Waals surface area (Å²) in [6.07, 6.45) is 0.293. The summed E-state index contributed by atoms with van der Waals surface area (Å²) < 4.78 is 6.97. The summed E-state index contributed by atoms with van der Waals surface area (Å²) in [6, 6.07) is 17.1. The summed E-state index contributed by atoms with van der Waals surface area (Å²) in [6.45, 7) is 0.749. The van der Waals surface area contributed by atoms with Crippen molar-refractivity contribution in [2.24, 2.45) is 7.05 Å². The number of benzene rings is 2. The number of carbonyl (C=O) groups is 2. The van der Waals surface area contributed by atoms with Gasteiger partial charge in [-0.2, -0.15) is 0 Å². The number of aryl methyl sites for hydroxylation is 1. The molecular weight excluding hydrogens is 342 g/mol. The van der Waals surface area contributed by atoms with E-state index in [2.05, 4.69) is 10.6 Å². The van der Waals surface area contributed by atoms with Crippen molar-refractivity contribution in [3.63, 3.8) is 0 Å². The Bertz CT molecular complexity index is 945. The number of ether oxygens (including phenoxy) is 1. The number of methoxy groups -OCH3 is 1. The van der Waals surface area contributed by atoms with Gasteiger partial charge >= 0.3 is 0 Å². The lowest BCUT2D eigenvalue weighted by Gasteiger charge is -2.08. The predicted octanol–water partition coefficient (Wildman–Crippen LogP) is 2.28. The second-order valence-electron chi connectivity index (χ2n) is 6.28. The summed E-state index contributed by atoms with van der Waals surface area (Å²) in [5.74, 6) is 0.521. The Morgan fingerprint density at radius 3 is 2.41 bits per heavy atom. The topological polar surface area (TPSA) is 72.4 Å². The van der Waals surface area contributed by atoms with E-state index in [-0.39, 0.29) is 11.8 Å². The molecule has 2 amide bonds. The highest BCUT2D eigenvalue weighted by Crippen LogP contribution is 2.18. The van der Waals surface area contributed by atoms with E-state index >= 15 is 0 Å². The van der Waals surface area contributed by atoms with Gasteiger partial charge in [0.2, 0.25) is 5.91 Å². The van der Waals surface area contributed by atoms with Gasteiger partial charge in [0.1, 0.15) is 11.4 Å².